The molecule has 1 fully saturated rings. The number of benzene rings is 1. The number of carbonyl (C=O) groups excluding carboxylic acids is 1. The maximum absolute atomic E-state index is 13.4. The van der Waals surface area contributed by atoms with Gasteiger partial charge in [-0.05, 0) is 31.4 Å². The molecular formula is C15H20FNO. The highest BCUT2D eigenvalue weighted by molar-refractivity contribution is 5.81. The van der Waals surface area contributed by atoms with Crippen molar-refractivity contribution in [2.24, 2.45) is 5.92 Å². The van der Waals surface area contributed by atoms with E-state index in [4.69, 9.17) is 0 Å². The van der Waals surface area contributed by atoms with E-state index in [1.165, 1.54) is 6.07 Å². The highest BCUT2D eigenvalue weighted by Gasteiger charge is 2.29. The number of Topliss-reactive ketones (excluding diaryl/α,β-unsaturated/α-hetero) is 1. The molecule has 0 saturated carbocycles. The number of hydrogen-bond donors (Lipinski definition) is 0. The van der Waals surface area contributed by atoms with Crippen molar-refractivity contribution < 1.29 is 9.18 Å². The minimum absolute atomic E-state index is 0.147. The quantitative estimate of drug-likeness (QED) is 0.799. The summed E-state index contributed by atoms with van der Waals surface area (Å²) in [6.45, 7) is 6.33. The Balaban J connectivity index is 1.79. The van der Waals surface area contributed by atoms with Crippen LogP contribution in [0, 0.1) is 11.7 Å². The van der Waals surface area contributed by atoms with Crippen molar-refractivity contribution in [1.29, 1.82) is 0 Å². The van der Waals surface area contributed by atoms with Gasteiger partial charge < -0.3 is 4.90 Å². The van der Waals surface area contributed by atoms with Crippen molar-refractivity contribution >= 4 is 5.78 Å². The van der Waals surface area contributed by atoms with Crippen LogP contribution in [0.25, 0.3) is 0 Å². The highest BCUT2D eigenvalue weighted by atomic mass is 19.1. The van der Waals surface area contributed by atoms with Crippen LogP contribution in [0.2, 0.25) is 0 Å². The van der Waals surface area contributed by atoms with E-state index in [0.717, 1.165) is 13.1 Å². The molecule has 1 aliphatic rings. The Morgan fingerprint density at radius 2 is 2.06 bits per heavy atom. The Bertz CT molecular complexity index is 424. The summed E-state index contributed by atoms with van der Waals surface area (Å²) in [6.07, 6.45) is 0.808. The fourth-order valence-electron chi connectivity index (χ4n) is 2.41. The van der Waals surface area contributed by atoms with Crippen LogP contribution in [-0.2, 0) is 11.2 Å². The fraction of sp³-hybridized carbons (Fsp3) is 0.533. The first kappa shape index (κ1) is 13.2. The lowest BCUT2D eigenvalue weighted by Gasteiger charge is -2.41. The van der Waals surface area contributed by atoms with Gasteiger partial charge in [-0.15, -0.1) is 0 Å². The van der Waals surface area contributed by atoms with E-state index in [1.54, 1.807) is 18.2 Å². The second-order valence-electron chi connectivity index (χ2n) is 5.42. The van der Waals surface area contributed by atoms with Crippen molar-refractivity contribution in [2.75, 3.05) is 13.1 Å². The molecule has 0 aliphatic carbocycles. The number of nitrogens with zero attached hydrogens (tertiary/aromatic N) is 1. The van der Waals surface area contributed by atoms with Gasteiger partial charge in [-0.25, -0.2) is 4.39 Å². The van der Waals surface area contributed by atoms with Gasteiger partial charge in [-0.2, -0.15) is 0 Å². The van der Waals surface area contributed by atoms with Crippen molar-refractivity contribution in [3.8, 4) is 0 Å². The molecule has 0 atom stereocenters. The van der Waals surface area contributed by atoms with E-state index in [2.05, 4.69) is 18.7 Å². The van der Waals surface area contributed by atoms with Crippen LogP contribution in [0.15, 0.2) is 24.3 Å². The van der Waals surface area contributed by atoms with Crippen LogP contribution < -0.4 is 0 Å². The second kappa shape index (κ2) is 5.61. The Morgan fingerprint density at radius 3 is 2.67 bits per heavy atom. The minimum Gasteiger partial charge on any atom is -0.300 e. The first-order valence-corrected chi connectivity index (χ1v) is 6.55. The predicted molar refractivity (Wildman–Crippen MR) is 69.9 cm³/mol. The molecule has 0 aromatic heterocycles. The molecule has 2 nitrogen and oxygen atoms in total. The summed E-state index contributed by atoms with van der Waals surface area (Å²) in [7, 11) is 0. The van der Waals surface area contributed by atoms with Crippen LogP contribution >= 0.6 is 0 Å². The van der Waals surface area contributed by atoms with Crippen LogP contribution in [-0.4, -0.2) is 29.8 Å². The van der Waals surface area contributed by atoms with E-state index < -0.39 is 0 Å². The van der Waals surface area contributed by atoms with E-state index in [9.17, 15) is 9.18 Å². The summed E-state index contributed by atoms with van der Waals surface area (Å²) >= 11 is 0. The molecular weight excluding hydrogens is 229 g/mol. The highest BCUT2D eigenvalue weighted by Crippen LogP contribution is 2.22. The second-order valence-corrected chi connectivity index (χ2v) is 5.42. The number of halogens is 1. The molecule has 1 heterocycles. The summed E-state index contributed by atoms with van der Waals surface area (Å²) < 4.78 is 13.4. The zero-order valence-corrected chi connectivity index (χ0v) is 11.0. The molecule has 1 saturated heterocycles. The molecule has 18 heavy (non-hydrogen) atoms. The first-order chi connectivity index (χ1) is 8.56. The Morgan fingerprint density at radius 1 is 1.39 bits per heavy atom. The van der Waals surface area contributed by atoms with Crippen molar-refractivity contribution in [1.82, 2.24) is 4.90 Å². The van der Waals surface area contributed by atoms with Crippen LogP contribution in [0.3, 0.4) is 0 Å². The molecule has 1 aromatic rings. The zero-order chi connectivity index (χ0) is 13.1. The third-order valence-electron chi connectivity index (χ3n) is 3.58. The summed E-state index contributed by atoms with van der Waals surface area (Å²) in [5, 5.41) is 0. The SMILES string of the molecule is CC(C)N1CC(CC(=O)Cc2ccccc2F)C1. The van der Waals surface area contributed by atoms with Gasteiger partial charge in [0.15, 0.2) is 0 Å². The molecule has 0 bridgehead atoms. The molecule has 0 amide bonds. The molecule has 0 N–H and O–H groups in total. The van der Waals surface area contributed by atoms with Gasteiger partial charge in [0.05, 0.1) is 0 Å². The molecule has 0 radical (unpaired) electrons. The maximum Gasteiger partial charge on any atom is 0.137 e. The number of ketones is 1. The third-order valence-corrected chi connectivity index (χ3v) is 3.58. The summed E-state index contributed by atoms with van der Waals surface area (Å²) in [6, 6.07) is 7.08. The lowest BCUT2D eigenvalue weighted by atomic mass is 9.91. The Hall–Kier alpha value is -1.22. The number of likely N-dealkylation sites (tertiary alicyclic amines) is 1. The molecule has 1 aromatic carbocycles. The van der Waals surface area contributed by atoms with Crippen LogP contribution in [0.1, 0.15) is 25.8 Å². The fourth-order valence-corrected chi connectivity index (χ4v) is 2.41. The zero-order valence-electron chi connectivity index (χ0n) is 11.0. The Kier molecular flexibility index (Phi) is 4.12. The van der Waals surface area contributed by atoms with Gasteiger partial charge >= 0.3 is 0 Å². The third kappa shape index (κ3) is 3.16. The molecule has 1 aliphatic heterocycles. The van der Waals surface area contributed by atoms with Crippen molar-refractivity contribution in [3.05, 3.63) is 35.6 Å². The van der Waals surface area contributed by atoms with Crippen molar-refractivity contribution in [2.45, 2.75) is 32.7 Å². The smallest absolute Gasteiger partial charge is 0.137 e. The predicted octanol–water partition coefficient (Wildman–Crippen LogP) is 2.67. The van der Waals surface area contributed by atoms with E-state index >= 15 is 0 Å². The van der Waals surface area contributed by atoms with Gasteiger partial charge in [0.2, 0.25) is 0 Å². The maximum atomic E-state index is 13.4. The van der Waals surface area contributed by atoms with Crippen LogP contribution in [0.5, 0.6) is 0 Å². The topological polar surface area (TPSA) is 20.3 Å². The summed E-state index contributed by atoms with van der Waals surface area (Å²) in [5.41, 5.74) is 0.516. The van der Waals surface area contributed by atoms with Gasteiger partial charge in [-0.3, -0.25) is 4.79 Å². The van der Waals surface area contributed by atoms with E-state index in [1.807, 2.05) is 0 Å². The van der Waals surface area contributed by atoms with Gasteiger partial charge in [0, 0.05) is 32.0 Å². The lowest BCUT2D eigenvalue weighted by molar-refractivity contribution is -0.120. The summed E-state index contributed by atoms with van der Waals surface area (Å²) in [4.78, 5) is 14.2. The van der Waals surface area contributed by atoms with E-state index in [-0.39, 0.29) is 18.0 Å². The standard InChI is InChI=1S/C15H20FNO/c1-11(2)17-9-12(10-17)7-14(18)8-13-5-3-4-6-15(13)16/h3-6,11-12H,7-10H2,1-2H3. The number of rotatable bonds is 5. The molecule has 3 heteroatoms. The number of hydrogen-bond acceptors (Lipinski definition) is 2. The molecule has 98 valence electrons. The average Bonchev–Trinajstić information content (AvgIpc) is 2.25. The minimum atomic E-state index is -0.275. The van der Waals surface area contributed by atoms with Gasteiger partial charge in [0.1, 0.15) is 11.6 Å². The normalized spacial score (nSPS) is 16.9. The molecule has 0 spiro atoms. The monoisotopic (exact) mass is 249 g/mol. The largest absolute Gasteiger partial charge is 0.300 e. The Labute approximate surface area is 108 Å². The van der Waals surface area contributed by atoms with Crippen molar-refractivity contribution in [3.63, 3.8) is 0 Å². The van der Waals surface area contributed by atoms with E-state index in [0.29, 0.717) is 23.9 Å². The lowest BCUT2D eigenvalue weighted by Crippen LogP contribution is -2.50. The van der Waals surface area contributed by atoms with Crippen LogP contribution in [0.4, 0.5) is 4.39 Å². The average molecular weight is 249 g/mol. The molecule has 2 rings (SSSR count). The molecule has 0 unspecified atom stereocenters. The van der Waals surface area contributed by atoms with Gasteiger partial charge in [-0.1, -0.05) is 18.2 Å². The first-order valence-electron chi connectivity index (χ1n) is 6.55. The number of carbonyl (C=O) groups is 1. The van der Waals surface area contributed by atoms with Gasteiger partial charge in [0.25, 0.3) is 0 Å². The summed E-state index contributed by atoms with van der Waals surface area (Å²) in [5.74, 6) is 0.337.